The summed E-state index contributed by atoms with van der Waals surface area (Å²) in [5, 5.41) is 2.42. The number of hydrogen-bond acceptors (Lipinski definition) is 5. The number of fused-ring (bicyclic) bond motifs is 1. The SMILES string of the molecule is CC(=O)c1cc2c(cc1NC(=O)Cn1cc(C(F)(F)F)ccc1=O)OCO2. The van der Waals surface area contributed by atoms with E-state index in [4.69, 9.17) is 9.47 Å². The van der Waals surface area contributed by atoms with Crippen molar-refractivity contribution in [3.63, 3.8) is 0 Å². The average molecular weight is 382 g/mol. The Morgan fingerprint density at radius 3 is 2.48 bits per heavy atom. The van der Waals surface area contributed by atoms with Crippen LogP contribution in [-0.2, 0) is 17.5 Å². The first-order chi connectivity index (χ1) is 12.6. The Morgan fingerprint density at radius 1 is 1.19 bits per heavy atom. The summed E-state index contributed by atoms with van der Waals surface area (Å²) in [5.74, 6) is -0.489. The Hall–Kier alpha value is -3.30. The Bertz CT molecular complexity index is 982. The largest absolute Gasteiger partial charge is 0.454 e. The smallest absolute Gasteiger partial charge is 0.417 e. The van der Waals surface area contributed by atoms with Crippen LogP contribution in [0.25, 0.3) is 0 Å². The van der Waals surface area contributed by atoms with Gasteiger partial charge < -0.3 is 19.4 Å². The third-order valence-electron chi connectivity index (χ3n) is 3.79. The number of nitrogens with zero attached hydrogens (tertiary/aromatic N) is 1. The minimum absolute atomic E-state index is 0.0380. The van der Waals surface area contributed by atoms with E-state index in [1.54, 1.807) is 0 Å². The molecule has 0 bridgehead atoms. The summed E-state index contributed by atoms with van der Waals surface area (Å²) in [4.78, 5) is 35.8. The van der Waals surface area contributed by atoms with Gasteiger partial charge in [0.2, 0.25) is 12.7 Å². The maximum Gasteiger partial charge on any atom is 0.417 e. The van der Waals surface area contributed by atoms with Crippen LogP contribution in [0.5, 0.6) is 11.5 Å². The fraction of sp³-hybridized carbons (Fsp3) is 0.235. The lowest BCUT2D eigenvalue weighted by atomic mass is 10.1. The molecule has 0 fully saturated rings. The number of amides is 1. The van der Waals surface area contributed by atoms with Crippen LogP contribution in [0.4, 0.5) is 18.9 Å². The summed E-state index contributed by atoms with van der Waals surface area (Å²) in [7, 11) is 0. The molecule has 3 rings (SSSR count). The van der Waals surface area contributed by atoms with Gasteiger partial charge in [0, 0.05) is 23.9 Å². The van der Waals surface area contributed by atoms with Crippen molar-refractivity contribution in [1.29, 1.82) is 0 Å². The van der Waals surface area contributed by atoms with Crippen LogP contribution < -0.4 is 20.3 Å². The number of hydrogen-bond donors (Lipinski definition) is 1. The maximum absolute atomic E-state index is 12.8. The molecular weight excluding hydrogens is 369 g/mol. The number of ketones is 1. The molecule has 1 aromatic heterocycles. The van der Waals surface area contributed by atoms with Gasteiger partial charge >= 0.3 is 6.18 Å². The highest BCUT2D eigenvalue weighted by atomic mass is 19.4. The number of nitrogens with one attached hydrogen (secondary N) is 1. The fourth-order valence-corrected chi connectivity index (χ4v) is 2.50. The normalized spacial score (nSPS) is 12.7. The van der Waals surface area contributed by atoms with Gasteiger partial charge in [0.05, 0.1) is 11.3 Å². The molecular formula is C17H13F3N2O5. The minimum Gasteiger partial charge on any atom is -0.454 e. The summed E-state index contributed by atoms with van der Waals surface area (Å²) in [5.41, 5.74) is -1.57. The van der Waals surface area contributed by atoms with Crippen LogP contribution in [-0.4, -0.2) is 23.1 Å². The summed E-state index contributed by atoms with van der Waals surface area (Å²) in [6.07, 6.45) is -4.08. The second kappa shape index (κ2) is 6.78. The number of carbonyl (C=O) groups excluding carboxylic acids is 2. The molecule has 1 aliphatic heterocycles. The number of alkyl halides is 3. The lowest BCUT2D eigenvalue weighted by Crippen LogP contribution is -2.28. The zero-order chi connectivity index (χ0) is 19.8. The van der Waals surface area contributed by atoms with Gasteiger partial charge in [-0.2, -0.15) is 13.2 Å². The van der Waals surface area contributed by atoms with E-state index in [2.05, 4.69) is 5.32 Å². The second-order valence-electron chi connectivity index (χ2n) is 5.74. The highest BCUT2D eigenvalue weighted by molar-refractivity contribution is 6.04. The van der Waals surface area contributed by atoms with Gasteiger partial charge in [0.1, 0.15) is 6.54 Å². The lowest BCUT2D eigenvalue weighted by Gasteiger charge is -2.13. The van der Waals surface area contributed by atoms with E-state index < -0.39 is 29.8 Å². The predicted molar refractivity (Wildman–Crippen MR) is 86.9 cm³/mol. The average Bonchev–Trinajstić information content (AvgIpc) is 3.02. The monoisotopic (exact) mass is 382 g/mol. The van der Waals surface area contributed by atoms with Crippen molar-refractivity contribution < 1.29 is 32.2 Å². The van der Waals surface area contributed by atoms with Crippen LogP contribution in [0.1, 0.15) is 22.8 Å². The fourth-order valence-electron chi connectivity index (χ4n) is 2.50. The Morgan fingerprint density at radius 2 is 1.85 bits per heavy atom. The molecule has 0 saturated heterocycles. The van der Waals surface area contributed by atoms with Crippen LogP contribution in [0, 0.1) is 0 Å². The number of benzene rings is 1. The van der Waals surface area contributed by atoms with Crippen molar-refractivity contribution in [2.24, 2.45) is 0 Å². The summed E-state index contributed by atoms with van der Waals surface area (Å²) >= 11 is 0. The molecule has 2 heterocycles. The standard InChI is InChI=1S/C17H13F3N2O5/c1-9(23)11-4-13-14(27-8-26-13)5-12(11)21-15(24)7-22-6-10(17(18,19)20)2-3-16(22)25/h2-6H,7-8H2,1H3,(H,21,24). The van der Waals surface area contributed by atoms with E-state index in [1.165, 1.54) is 19.1 Å². The number of aromatic nitrogens is 1. The highest BCUT2D eigenvalue weighted by Crippen LogP contribution is 2.37. The molecule has 1 N–H and O–H groups in total. The Labute approximate surface area is 150 Å². The number of carbonyl (C=O) groups is 2. The van der Waals surface area contributed by atoms with Crippen LogP contribution >= 0.6 is 0 Å². The first-order valence-corrected chi connectivity index (χ1v) is 7.67. The number of ether oxygens (including phenoxy) is 2. The molecule has 142 valence electrons. The van der Waals surface area contributed by atoms with Gasteiger partial charge in [-0.05, 0) is 19.1 Å². The van der Waals surface area contributed by atoms with Crippen LogP contribution in [0.15, 0.2) is 35.3 Å². The van der Waals surface area contributed by atoms with E-state index in [0.29, 0.717) is 28.3 Å². The molecule has 0 spiro atoms. The van der Waals surface area contributed by atoms with Crippen molar-refractivity contribution in [2.45, 2.75) is 19.6 Å². The maximum atomic E-state index is 12.8. The zero-order valence-corrected chi connectivity index (χ0v) is 13.9. The van der Waals surface area contributed by atoms with Gasteiger partial charge in [-0.25, -0.2) is 0 Å². The summed E-state index contributed by atoms with van der Waals surface area (Å²) < 4.78 is 49.3. The second-order valence-corrected chi connectivity index (χ2v) is 5.74. The third kappa shape index (κ3) is 3.94. The highest BCUT2D eigenvalue weighted by Gasteiger charge is 2.31. The quantitative estimate of drug-likeness (QED) is 0.821. The number of halogens is 3. The van der Waals surface area contributed by atoms with E-state index in [0.717, 1.165) is 6.07 Å². The molecule has 1 amide bonds. The molecule has 0 saturated carbocycles. The van der Waals surface area contributed by atoms with Crippen LogP contribution in [0.3, 0.4) is 0 Å². The number of anilines is 1. The Balaban J connectivity index is 1.85. The van der Waals surface area contributed by atoms with Crippen molar-refractivity contribution in [3.05, 3.63) is 51.9 Å². The van der Waals surface area contributed by atoms with Crippen molar-refractivity contribution in [2.75, 3.05) is 12.1 Å². The van der Waals surface area contributed by atoms with Gasteiger partial charge in [-0.1, -0.05) is 0 Å². The lowest BCUT2D eigenvalue weighted by molar-refractivity contribution is -0.138. The van der Waals surface area contributed by atoms with Gasteiger partial charge in [-0.15, -0.1) is 0 Å². The third-order valence-corrected chi connectivity index (χ3v) is 3.79. The van der Waals surface area contributed by atoms with E-state index in [9.17, 15) is 27.6 Å². The van der Waals surface area contributed by atoms with E-state index in [-0.39, 0.29) is 23.8 Å². The first-order valence-electron chi connectivity index (χ1n) is 7.67. The zero-order valence-electron chi connectivity index (χ0n) is 13.9. The summed E-state index contributed by atoms with van der Waals surface area (Å²) in [6.45, 7) is 0.586. The first kappa shape index (κ1) is 18.5. The molecule has 1 aromatic carbocycles. The molecule has 7 nitrogen and oxygen atoms in total. The van der Waals surface area contributed by atoms with Crippen LogP contribution in [0.2, 0.25) is 0 Å². The van der Waals surface area contributed by atoms with Crippen molar-refractivity contribution in [3.8, 4) is 11.5 Å². The number of pyridine rings is 1. The minimum atomic E-state index is -4.65. The van der Waals surface area contributed by atoms with Gasteiger partial charge in [-0.3, -0.25) is 14.4 Å². The molecule has 0 atom stereocenters. The molecule has 0 unspecified atom stereocenters. The number of rotatable bonds is 4. The molecule has 27 heavy (non-hydrogen) atoms. The van der Waals surface area contributed by atoms with Crippen molar-refractivity contribution in [1.82, 2.24) is 4.57 Å². The van der Waals surface area contributed by atoms with Gasteiger partial charge in [0.25, 0.3) is 5.56 Å². The summed E-state index contributed by atoms with van der Waals surface area (Å²) in [6, 6.07) is 4.16. The topological polar surface area (TPSA) is 86.6 Å². The molecule has 0 aliphatic carbocycles. The van der Waals surface area contributed by atoms with Gasteiger partial charge in [0.15, 0.2) is 17.3 Å². The Kier molecular flexibility index (Phi) is 4.64. The molecule has 1 aliphatic rings. The molecule has 10 heteroatoms. The van der Waals surface area contributed by atoms with E-state index in [1.807, 2.05) is 0 Å². The predicted octanol–water partition coefficient (Wildman–Crippen LogP) is 2.44. The molecule has 2 aromatic rings. The molecule has 0 radical (unpaired) electrons. The van der Waals surface area contributed by atoms with E-state index >= 15 is 0 Å². The van der Waals surface area contributed by atoms with Crippen molar-refractivity contribution >= 4 is 17.4 Å². The number of Topliss-reactive ketones (excluding diaryl/α,β-unsaturated/α-hetero) is 1.